The normalized spacial score (nSPS) is 35.5. The zero-order chi connectivity index (χ0) is 9.41. The second kappa shape index (κ2) is 2.95. The maximum atomic E-state index is 12.7. The Morgan fingerprint density at radius 1 is 1.25 bits per heavy atom. The molecule has 1 fully saturated rings. The molecular formula is C9H16F2O. The van der Waals surface area contributed by atoms with Crippen LogP contribution in [0.1, 0.15) is 33.6 Å². The van der Waals surface area contributed by atoms with Crippen LogP contribution in [0.3, 0.4) is 0 Å². The van der Waals surface area contributed by atoms with Gasteiger partial charge < -0.3 is 4.74 Å². The van der Waals surface area contributed by atoms with Crippen molar-refractivity contribution in [3.63, 3.8) is 0 Å². The molecule has 12 heavy (non-hydrogen) atoms. The first-order valence-electron chi connectivity index (χ1n) is 4.37. The summed E-state index contributed by atoms with van der Waals surface area (Å²) in [6, 6.07) is 0. The molecule has 72 valence electrons. The van der Waals surface area contributed by atoms with E-state index in [2.05, 4.69) is 0 Å². The largest absolute Gasteiger partial charge is 0.369 e. The molecule has 0 saturated carbocycles. The molecule has 1 atom stereocenters. The minimum Gasteiger partial charge on any atom is -0.369 e. The number of halogens is 2. The first-order valence-corrected chi connectivity index (χ1v) is 4.37. The molecule has 0 amide bonds. The summed E-state index contributed by atoms with van der Waals surface area (Å²) in [4.78, 5) is 0. The van der Waals surface area contributed by atoms with Gasteiger partial charge in [-0.05, 0) is 19.3 Å². The Hall–Kier alpha value is -0.180. The fraction of sp³-hybridized carbons (Fsp3) is 1.00. The molecule has 1 saturated heterocycles. The second-order valence-corrected chi connectivity index (χ2v) is 4.11. The molecule has 0 aromatic carbocycles. The van der Waals surface area contributed by atoms with Gasteiger partial charge in [0.05, 0.1) is 5.60 Å². The molecule has 1 aliphatic rings. The van der Waals surface area contributed by atoms with Crippen molar-refractivity contribution >= 4 is 0 Å². The van der Waals surface area contributed by atoms with Gasteiger partial charge in [-0.3, -0.25) is 0 Å². The molecule has 1 nitrogen and oxygen atoms in total. The van der Waals surface area contributed by atoms with Crippen LogP contribution in [0.4, 0.5) is 8.78 Å². The van der Waals surface area contributed by atoms with Gasteiger partial charge in [0.2, 0.25) is 0 Å². The van der Waals surface area contributed by atoms with Crippen molar-refractivity contribution < 1.29 is 13.5 Å². The van der Waals surface area contributed by atoms with Gasteiger partial charge in [0.15, 0.2) is 0 Å². The number of hydrogen-bond donors (Lipinski definition) is 0. The van der Waals surface area contributed by atoms with Gasteiger partial charge in [0.1, 0.15) is 6.61 Å². The number of rotatable bonds is 1. The Kier molecular flexibility index (Phi) is 2.43. The van der Waals surface area contributed by atoms with Crippen molar-refractivity contribution in [2.75, 3.05) is 6.61 Å². The summed E-state index contributed by atoms with van der Waals surface area (Å²) < 4.78 is 30.6. The van der Waals surface area contributed by atoms with Crippen LogP contribution in [0, 0.1) is 5.92 Å². The molecule has 1 heterocycles. The molecule has 0 unspecified atom stereocenters. The lowest BCUT2D eigenvalue weighted by Crippen LogP contribution is -2.45. The number of alkyl halides is 2. The lowest BCUT2D eigenvalue weighted by atomic mass is 9.84. The molecule has 0 N–H and O–H groups in total. The molecule has 1 rings (SSSR count). The van der Waals surface area contributed by atoms with Crippen LogP contribution >= 0.6 is 0 Å². The third-order valence-corrected chi connectivity index (χ3v) is 2.82. The van der Waals surface area contributed by atoms with Gasteiger partial charge >= 0.3 is 0 Å². The van der Waals surface area contributed by atoms with Gasteiger partial charge in [-0.15, -0.1) is 0 Å². The summed E-state index contributed by atoms with van der Waals surface area (Å²) in [6.45, 7) is 5.50. The Morgan fingerprint density at radius 3 is 2.17 bits per heavy atom. The second-order valence-electron chi connectivity index (χ2n) is 4.11. The van der Waals surface area contributed by atoms with Gasteiger partial charge in [-0.2, -0.15) is 0 Å². The minimum absolute atomic E-state index is 0.0400. The van der Waals surface area contributed by atoms with Crippen molar-refractivity contribution in [3.8, 4) is 0 Å². The summed E-state index contributed by atoms with van der Waals surface area (Å²) in [5, 5.41) is 0. The van der Waals surface area contributed by atoms with Gasteiger partial charge in [0.25, 0.3) is 5.92 Å². The van der Waals surface area contributed by atoms with E-state index in [9.17, 15) is 8.78 Å². The Bertz CT molecular complexity index is 156. The summed E-state index contributed by atoms with van der Waals surface area (Å²) >= 11 is 0. The fourth-order valence-corrected chi connectivity index (χ4v) is 1.30. The summed E-state index contributed by atoms with van der Waals surface area (Å²) in [5.74, 6) is -2.30. The smallest absolute Gasteiger partial charge is 0.271 e. The lowest BCUT2D eigenvalue weighted by Gasteiger charge is -2.40. The molecule has 0 bridgehead atoms. The first-order chi connectivity index (χ1) is 5.36. The third kappa shape index (κ3) is 1.94. The van der Waals surface area contributed by atoms with Crippen LogP contribution in [-0.2, 0) is 4.74 Å². The van der Waals surface area contributed by atoms with Crippen LogP contribution in [-0.4, -0.2) is 18.1 Å². The van der Waals surface area contributed by atoms with E-state index in [1.54, 1.807) is 0 Å². The summed E-state index contributed by atoms with van der Waals surface area (Å²) in [7, 11) is 0. The van der Waals surface area contributed by atoms with E-state index < -0.39 is 12.5 Å². The number of hydrogen-bond acceptors (Lipinski definition) is 1. The summed E-state index contributed by atoms with van der Waals surface area (Å²) in [6.07, 6.45) is 0.416. The molecule has 0 aromatic heterocycles. The highest BCUT2D eigenvalue weighted by Gasteiger charge is 2.43. The Morgan fingerprint density at radius 2 is 1.83 bits per heavy atom. The predicted octanol–water partition coefficient (Wildman–Crippen LogP) is 2.85. The monoisotopic (exact) mass is 178 g/mol. The lowest BCUT2D eigenvalue weighted by molar-refractivity contribution is -0.195. The Labute approximate surface area is 72.1 Å². The average molecular weight is 178 g/mol. The zero-order valence-corrected chi connectivity index (χ0v) is 7.86. The highest BCUT2D eigenvalue weighted by molar-refractivity contribution is 4.87. The van der Waals surface area contributed by atoms with Crippen LogP contribution < -0.4 is 0 Å². The van der Waals surface area contributed by atoms with E-state index in [-0.39, 0.29) is 12.0 Å². The van der Waals surface area contributed by atoms with Gasteiger partial charge in [-0.1, -0.05) is 13.8 Å². The van der Waals surface area contributed by atoms with Gasteiger partial charge in [-0.25, -0.2) is 8.78 Å². The molecule has 3 heteroatoms. The van der Waals surface area contributed by atoms with E-state index >= 15 is 0 Å². The van der Waals surface area contributed by atoms with Crippen molar-refractivity contribution in [3.05, 3.63) is 0 Å². The van der Waals surface area contributed by atoms with E-state index in [4.69, 9.17) is 4.74 Å². The van der Waals surface area contributed by atoms with E-state index in [0.717, 1.165) is 0 Å². The highest BCUT2D eigenvalue weighted by atomic mass is 19.3. The molecule has 0 spiro atoms. The van der Waals surface area contributed by atoms with Crippen LogP contribution in [0.2, 0.25) is 0 Å². The zero-order valence-electron chi connectivity index (χ0n) is 7.86. The topological polar surface area (TPSA) is 9.23 Å². The molecule has 0 aromatic rings. The predicted molar refractivity (Wildman–Crippen MR) is 43.4 cm³/mol. The first kappa shape index (κ1) is 9.90. The fourth-order valence-electron chi connectivity index (χ4n) is 1.30. The van der Waals surface area contributed by atoms with Crippen LogP contribution in [0.5, 0.6) is 0 Å². The van der Waals surface area contributed by atoms with Crippen LogP contribution in [0.15, 0.2) is 0 Å². The highest BCUT2D eigenvalue weighted by Crippen LogP contribution is 2.37. The van der Waals surface area contributed by atoms with Crippen molar-refractivity contribution in [2.45, 2.75) is 45.1 Å². The minimum atomic E-state index is -2.60. The molecule has 0 aliphatic carbocycles. The van der Waals surface area contributed by atoms with Crippen molar-refractivity contribution in [2.24, 2.45) is 5.92 Å². The Balaban J connectivity index is 2.55. The SMILES string of the molecule is CC(C)[C@@]1(C)CCC(F)(F)CO1. The average Bonchev–Trinajstić information content (AvgIpc) is 1.96. The maximum Gasteiger partial charge on any atom is 0.271 e. The van der Waals surface area contributed by atoms with Crippen LogP contribution in [0.25, 0.3) is 0 Å². The maximum absolute atomic E-state index is 12.7. The van der Waals surface area contributed by atoms with Gasteiger partial charge in [0, 0.05) is 6.42 Å². The molecular weight excluding hydrogens is 162 g/mol. The van der Waals surface area contributed by atoms with E-state index in [1.165, 1.54) is 0 Å². The summed E-state index contributed by atoms with van der Waals surface area (Å²) in [5.41, 5.74) is -0.346. The van der Waals surface area contributed by atoms with E-state index in [1.807, 2.05) is 20.8 Å². The quantitative estimate of drug-likeness (QED) is 0.600. The third-order valence-electron chi connectivity index (χ3n) is 2.82. The number of ether oxygens (including phenoxy) is 1. The molecule has 1 aliphatic heterocycles. The van der Waals surface area contributed by atoms with Crippen molar-refractivity contribution in [1.29, 1.82) is 0 Å². The molecule has 0 radical (unpaired) electrons. The standard InChI is InChI=1S/C9H16F2O/c1-7(2)8(3)4-5-9(10,11)6-12-8/h7H,4-6H2,1-3H3/t8-/m1/s1. The van der Waals surface area contributed by atoms with E-state index in [0.29, 0.717) is 12.3 Å². The van der Waals surface area contributed by atoms with Crippen molar-refractivity contribution in [1.82, 2.24) is 0 Å².